The van der Waals surface area contributed by atoms with Gasteiger partial charge < -0.3 is 10.6 Å². The number of hydrogen-bond acceptors (Lipinski definition) is 6. The summed E-state index contributed by atoms with van der Waals surface area (Å²) in [5, 5.41) is 6.30. The summed E-state index contributed by atoms with van der Waals surface area (Å²) in [7, 11) is -4.30. The third-order valence-electron chi connectivity index (χ3n) is 4.75. The smallest absolute Gasteiger partial charge is 0.264 e. The van der Waals surface area contributed by atoms with Crippen molar-refractivity contribution >= 4 is 38.9 Å². The van der Waals surface area contributed by atoms with Crippen LogP contribution in [0.2, 0.25) is 0 Å². The molecule has 0 amide bonds. The molecule has 3 N–H and O–H groups in total. The summed E-state index contributed by atoms with van der Waals surface area (Å²) in [6.45, 7) is 3.85. The van der Waals surface area contributed by atoms with Gasteiger partial charge in [0.2, 0.25) is 5.95 Å². The van der Waals surface area contributed by atoms with Gasteiger partial charge in [0, 0.05) is 28.8 Å². The molecular weight excluding hydrogens is 460 g/mol. The van der Waals surface area contributed by atoms with E-state index in [2.05, 4.69) is 25.3 Å². The van der Waals surface area contributed by atoms with Gasteiger partial charge in [0.1, 0.15) is 22.3 Å². The Hall–Kier alpha value is -4.05. The first-order chi connectivity index (χ1) is 16.2. The van der Waals surface area contributed by atoms with E-state index >= 15 is 0 Å². The lowest BCUT2D eigenvalue weighted by atomic mass is 10.2. The van der Waals surface area contributed by atoms with E-state index in [1.54, 1.807) is 18.2 Å². The number of aryl methyl sites for hydroxylation is 2. The van der Waals surface area contributed by atoms with E-state index in [1.165, 1.54) is 12.1 Å². The van der Waals surface area contributed by atoms with Gasteiger partial charge in [0.15, 0.2) is 0 Å². The van der Waals surface area contributed by atoms with Gasteiger partial charge in [-0.25, -0.2) is 22.2 Å². The first-order valence-electron chi connectivity index (χ1n) is 10.2. The van der Waals surface area contributed by atoms with E-state index < -0.39 is 26.6 Å². The molecule has 174 valence electrons. The van der Waals surface area contributed by atoms with Crippen molar-refractivity contribution in [1.82, 2.24) is 9.97 Å². The number of anilines is 5. The third-order valence-corrected chi connectivity index (χ3v) is 6.15. The van der Waals surface area contributed by atoms with Crippen LogP contribution in [0.5, 0.6) is 0 Å². The van der Waals surface area contributed by atoms with Gasteiger partial charge in [-0.3, -0.25) is 4.72 Å². The molecule has 4 aromatic rings. The SMILES string of the molecule is Cc1ccc(Nc2nc(C)cc(Nc3ccc(NS(=O)(=O)c4cc(F)ccc4F)cc3)n2)cc1. The van der Waals surface area contributed by atoms with Crippen molar-refractivity contribution < 1.29 is 17.2 Å². The Morgan fingerprint density at radius 1 is 0.735 bits per heavy atom. The van der Waals surface area contributed by atoms with Crippen LogP contribution in [0.3, 0.4) is 0 Å². The Balaban J connectivity index is 1.48. The van der Waals surface area contributed by atoms with Crippen molar-refractivity contribution in [2.24, 2.45) is 0 Å². The second kappa shape index (κ2) is 9.44. The summed E-state index contributed by atoms with van der Waals surface area (Å²) in [6.07, 6.45) is 0. The van der Waals surface area contributed by atoms with E-state index in [-0.39, 0.29) is 5.69 Å². The zero-order chi connectivity index (χ0) is 24.3. The quantitative estimate of drug-likeness (QED) is 0.315. The molecule has 0 spiro atoms. The standard InChI is InChI=1S/C24H21F2N5O2S/c1-15-3-6-19(7-4-15)29-24-27-16(2)13-23(30-24)28-18-8-10-20(11-9-18)31-34(32,33)22-14-17(25)5-12-21(22)26/h3-14,31H,1-2H3,(H2,27,28,29,30). The van der Waals surface area contributed by atoms with Gasteiger partial charge in [0.05, 0.1) is 0 Å². The first kappa shape index (κ1) is 23.1. The first-order valence-corrected chi connectivity index (χ1v) is 11.7. The minimum atomic E-state index is -4.30. The molecule has 10 heteroatoms. The molecule has 0 saturated carbocycles. The predicted molar refractivity (Wildman–Crippen MR) is 128 cm³/mol. The van der Waals surface area contributed by atoms with Crippen molar-refractivity contribution in [3.8, 4) is 0 Å². The Labute approximate surface area is 196 Å². The second-order valence-electron chi connectivity index (χ2n) is 7.59. The molecule has 0 bridgehead atoms. The van der Waals surface area contributed by atoms with Gasteiger partial charge in [-0.1, -0.05) is 17.7 Å². The molecule has 0 unspecified atom stereocenters. The molecule has 0 atom stereocenters. The molecule has 1 aromatic heterocycles. The van der Waals surface area contributed by atoms with Crippen LogP contribution in [0.1, 0.15) is 11.3 Å². The molecule has 0 aliphatic carbocycles. The fraction of sp³-hybridized carbons (Fsp3) is 0.0833. The number of hydrogen-bond donors (Lipinski definition) is 3. The van der Waals surface area contributed by atoms with Crippen molar-refractivity contribution in [2.75, 3.05) is 15.4 Å². The van der Waals surface area contributed by atoms with Gasteiger partial charge in [-0.2, -0.15) is 4.98 Å². The van der Waals surface area contributed by atoms with Crippen LogP contribution in [0, 0.1) is 25.5 Å². The molecule has 7 nitrogen and oxygen atoms in total. The highest BCUT2D eigenvalue weighted by molar-refractivity contribution is 7.92. The molecule has 0 radical (unpaired) electrons. The van der Waals surface area contributed by atoms with E-state index in [0.717, 1.165) is 29.1 Å². The van der Waals surface area contributed by atoms with Crippen LogP contribution < -0.4 is 15.4 Å². The molecule has 1 heterocycles. The van der Waals surface area contributed by atoms with Crippen LogP contribution in [-0.4, -0.2) is 18.4 Å². The van der Waals surface area contributed by atoms with Crippen LogP contribution in [-0.2, 0) is 10.0 Å². The Morgan fingerprint density at radius 3 is 2.06 bits per heavy atom. The fourth-order valence-corrected chi connectivity index (χ4v) is 4.27. The number of sulfonamides is 1. The lowest BCUT2D eigenvalue weighted by Crippen LogP contribution is -2.15. The highest BCUT2D eigenvalue weighted by Gasteiger charge is 2.20. The highest BCUT2D eigenvalue weighted by Crippen LogP contribution is 2.23. The number of nitrogens with one attached hydrogen (secondary N) is 3. The average Bonchev–Trinajstić information content (AvgIpc) is 2.78. The van der Waals surface area contributed by atoms with Crippen LogP contribution in [0.4, 0.5) is 37.6 Å². The average molecular weight is 482 g/mol. The summed E-state index contributed by atoms with van der Waals surface area (Å²) in [5.41, 5.74) is 3.57. The predicted octanol–water partition coefficient (Wildman–Crippen LogP) is 5.66. The number of nitrogens with zero attached hydrogens (tertiary/aromatic N) is 2. The van der Waals surface area contributed by atoms with E-state index in [9.17, 15) is 17.2 Å². The van der Waals surface area contributed by atoms with Gasteiger partial charge in [-0.15, -0.1) is 0 Å². The summed E-state index contributed by atoms with van der Waals surface area (Å²) >= 11 is 0. The van der Waals surface area contributed by atoms with Crippen molar-refractivity contribution in [2.45, 2.75) is 18.7 Å². The summed E-state index contributed by atoms with van der Waals surface area (Å²) in [4.78, 5) is 8.09. The molecule has 34 heavy (non-hydrogen) atoms. The minimum Gasteiger partial charge on any atom is -0.340 e. The third kappa shape index (κ3) is 5.65. The zero-order valence-corrected chi connectivity index (χ0v) is 19.1. The fourth-order valence-electron chi connectivity index (χ4n) is 3.12. The molecule has 4 rings (SSSR count). The monoisotopic (exact) mass is 481 g/mol. The van der Waals surface area contributed by atoms with E-state index in [0.29, 0.717) is 23.5 Å². The van der Waals surface area contributed by atoms with E-state index in [4.69, 9.17) is 0 Å². The maximum Gasteiger partial charge on any atom is 0.264 e. The summed E-state index contributed by atoms with van der Waals surface area (Å²) < 4.78 is 54.4. The topological polar surface area (TPSA) is 96.0 Å². The molecule has 0 saturated heterocycles. The van der Waals surface area contributed by atoms with Gasteiger partial charge in [-0.05, 0) is 68.4 Å². The molecular formula is C24H21F2N5O2S. The van der Waals surface area contributed by atoms with Crippen LogP contribution in [0.15, 0.2) is 77.7 Å². The zero-order valence-electron chi connectivity index (χ0n) is 18.3. The Bertz CT molecular complexity index is 1430. The van der Waals surface area contributed by atoms with Crippen LogP contribution in [0.25, 0.3) is 0 Å². The van der Waals surface area contributed by atoms with Crippen LogP contribution >= 0.6 is 0 Å². The summed E-state index contributed by atoms with van der Waals surface area (Å²) in [6, 6.07) is 18.1. The maximum atomic E-state index is 13.9. The summed E-state index contributed by atoms with van der Waals surface area (Å²) in [5.74, 6) is -0.927. The number of rotatable bonds is 7. The maximum absolute atomic E-state index is 13.9. The molecule has 3 aromatic carbocycles. The number of benzene rings is 3. The number of aromatic nitrogens is 2. The van der Waals surface area contributed by atoms with Crippen molar-refractivity contribution in [3.63, 3.8) is 0 Å². The lowest BCUT2D eigenvalue weighted by Gasteiger charge is -2.12. The van der Waals surface area contributed by atoms with Crippen molar-refractivity contribution in [3.05, 3.63) is 95.7 Å². The highest BCUT2D eigenvalue weighted by atomic mass is 32.2. The number of halogens is 2. The van der Waals surface area contributed by atoms with Crippen molar-refractivity contribution in [1.29, 1.82) is 0 Å². The van der Waals surface area contributed by atoms with E-state index in [1.807, 2.05) is 38.1 Å². The van der Waals surface area contributed by atoms with Gasteiger partial charge >= 0.3 is 0 Å². The van der Waals surface area contributed by atoms with Gasteiger partial charge in [0.25, 0.3) is 10.0 Å². The Kier molecular flexibility index (Phi) is 6.42. The largest absolute Gasteiger partial charge is 0.340 e. The second-order valence-corrected chi connectivity index (χ2v) is 9.24. The molecule has 0 fully saturated rings. The normalized spacial score (nSPS) is 11.2. The minimum absolute atomic E-state index is 0.190. The molecule has 0 aliphatic rings. The molecule has 0 aliphatic heterocycles. The Morgan fingerprint density at radius 2 is 1.35 bits per heavy atom. The lowest BCUT2D eigenvalue weighted by molar-refractivity contribution is 0.555.